The highest BCUT2D eigenvalue weighted by molar-refractivity contribution is 7.14. The van der Waals surface area contributed by atoms with E-state index >= 15 is 0 Å². The lowest BCUT2D eigenvalue weighted by Gasteiger charge is -2.56. The van der Waals surface area contributed by atoms with Gasteiger partial charge in [-0.25, -0.2) is 4.98 Å². The molecule has 0 aromatic carbocycles. The van der Waals surface area contributed by atoms with Crippen LogP contribution in [-0.2, 0) is 0 Å². The van der Waals surface area contributed by atoms with E-state index in [1.54, 1.807) is 11.5 Å². The van der Waals surface area contributed by atoms with E-state index in [1.165, 1.54) is 41.4 Å². The zero-order chi connectivity index (χ0) is 24.7. The number of nitrogens with zero attached hydrogens (tertiary/aromatic N) is 3. The van der Waals surface area contributed by atoms with Crippen LogP contribution in [0.4, 0.5) is 5.13 Å². The largest absolute Gasteiger partial charge is 0.399 e. The standard InChI is InChI=1S/C26H55N3SSi2/c1-20(2)13-31(14-21(3)4,15-22(5)6)29(26-27-19-28-30-26)32(16-23(7)8,17-24(9)10)18-25(11)12/h19-25H,13-18H2,1-12H3. The van der Waals surface area contributed by atoms with Gasteiger partial charge in [0.15, 0.2) is 21.6 Å². The van der Waals surface area contributed by atoms with E-state index in [1.807, 2.05) is 6.33 Å². The molecule has 0 aliphatic rings. The van der Waals surface area contributed by atoms with Crippen molar-refractivity contribution in [3.63, 3.8) is 0 Å². The molecule has 0 fully saturated rings. The van der Waals surface area contributed by atoms with Gasteiger partial charge in [0.1, 0.15) is 6.33 Å². The second-order valence-electron chi connectivity index (χ2n) is 13.1. The minimum absolute atomic E-state index is 0.721. The SMILES string of the molecule is CC(C)C[Si](CC(C)C)(CC(C)C)N(c1ncns1)[Si](CC(C)C)(CC(C)C)CC(C)C. The molecular formula is C26H55N3SSi2. The van der Waals surface area contributed by atoms with Crippen molar-refractivity contribution >= 4 is 33.1 Å². The Kier molecular flexibility index (Phi) is 12.1. The molecule has 0 saturated heterocycles. The molecule has 3 nitrogen and oxygen atoms in total. The van der Waals surface area contributed by atoms with Gasteiger partial charge in [0.2, 0.25) is 0 Å². The van der Waals surface area contributed by atoms with Crippen molar-refractivity contribution in [2.75, 3.05) is 4.23 Å². The summed E-state index contributed by atoms with van der Waals surface area (Å²) in [6, 6.07) is 8.29. The van der Waals surface area contributed by atoms with Crippen molar-refractivity contribution in [1.82, 2.24) is 9.36 Å². The topological polar surface area (TPSA) is 29.0 Å². The summed E-state index contributed by atoms with van der Waals surface area (Å²) in [5.74, 6) is 4.32. The molecule has 6 heteroatoms. The third-order valence-electron chi connectivity index (χ3n) is 6.22. The van der Waals surface area contributed by atoms with Gasteiger partial charge in [-0.2, -0.15) is 4.37 Å². The summed E-state index contributed by atoms with van der Waals surface area (Å²) >= 11 is 1.68. The maximum Gasteiger partial charge on any atom is 0.188 e. The highest BCUT2D eigenvalue weighted by atomic mass is 32.1. The van der Waals surface area contributed by atoms with Gasteiger partial charge < -0.3 is 4.23 Å². The summed E-state index contributed by atoms with van der Waals surface area (Å²) in [5.41, 5.74) is 0. The Morgan fingerprint density at radius 3 is 1.06 bits per heavy atom. The van der Waals surface area contributed by atoms with Gasteiger partial charge in [0.25, 0.3) is 0 Å². The molecule has 0 aliphatic carbocycles. The van der Waals surface area contributed by atoms with Gasteiger partial charge in [-0.3, -0.25) is 0 Å². The molecule has 0 aliphatic heterocycles. The van der Waals surface area contributed by atoms with Crippen LogP contribution in [0.25, 0.3) is 0 Å². The fraction of sp³-hybridized carbons (Fsp3) is 0.923. The van der Waals surface area contributed by atoms with E-state index in [9.17, 15) is 0 Å². The first-order valence-corrected chi connectivity index (χ1v) is 19.2. The molecule has 188 valence electrons. The Morgan fingerprint density at radius 2 is 0.875 bits per heavy atom. The average molecular weight is 498 g/mol. The van der Waals surface area contributed by atoms with Gasteiger partial charge in [-0.1, -0.05) is 83.1 Å². The fourth-order valence-corrected chi connectivity index (χ4v) is 26.4. The number of hydrogen-bond acceptors (Lipinski definition) is 4. The lowest BCUT2D eigenvalue weighted by Crippen LogP contribution is -2.69. The quantitative estimate of drug-likeness (QED) is 0.226. The van der Waals surface area contributed by atoms with Crippen LogP contribution in [0.5, 0.6) is 0 Å². The average Bonchev–Trinajstić information content (AvgIpc) is 3.03. The molecule has 0 unspecified atom stereocenters. The monoisotopic (exact) mass is 497 g/mol. The lowest BCUT2D eigenvalue weighted by atomic mass is 10.2. The van der Waals surface area contributed by atoms with Crippen LogP contribution in [0.3, 0.4) is 0 Å². The van der Waals surface area contributed by atoms with Crippen molar-refractivity contribution < 1.29 is 0 Å². The van der Waals surface area contributed by atoms with E-state index in [0.29, 0.717) is 0 Å². The predicted molar refractivity (Wildman–Crippen MR) is 152 cm³/mol. The Hall–Kier alpha value is -0.206. The molecule has 1 aromatic rings. The predicted octanol–water partition coefficient (Wildman–Crippen LogP) is 9.17. The minimum Gasteiger partial charge on any atom is -0.399 e. The third-order valence-corrected chi connectivity index (χ3v) is 21.8. The summed E-state index contributed by atoms with van der Waals surface area (Å²) in [4.78, 5) is 4.99. The number of rotatable bonds is 15. The normalized spacial score (nSPS) is 13.6. The fourth-order valence-electron chi connectivity index (χ4n) is 6.78. The Morgan fingerprint density at radius 1 is 0.594 bits per heavy atom. The molecule has 0 atom stereocenters. The Balaban J connectivity index is 3.96. The van der Waals surface area contributed by atoms with Crippen LogP contribution in [0.2, 0.25) is 36.3 Å². The van der Waals surface area contributed by atoms with E-state index in [2.05, 4.69) is 91.7 Å². The smallest absolute Gasteiger partial charge is 0.188 e. The minimum atomic E-state index is -1.85. The van der Waals surface area contributed by atoms with E-state index in [-0.39, 0.29) is 0 Å². The lowest BCUT2D eigenvalue weighted by molar-refractivity contribution is 0.623. The molecule has 0 N–H and O–H groups in total. The number of anilines is 1. The molecule has 0 bridgehead atoms. The van der Waals surface area contributed by atoms with Crippen molar-refractivity contribution in [2.45, 2.75) is 119 Å². The molecular weight excluding hydrogens is 443 g/mol. The molecule has 0 radical (unpaired) electrons. The molecule has 0 amide bonds. The van der Waals surface area contributed by atoms with Crippen molar-refractivity contribution in [1.29, 1.82) is 0 Å². The Labute approximate surface area is 207 Å². The summed E-state index contributed by atoms with van der Waals surface area (Å²) in [6.07, 6.45) is 1.82. The van der Waals surface area contributed by atoms with Crippen LogP contribution in [0.1, 0.15) is 83.1 Å². The second kappa shape index (κ2) is 13.0. The highest BCUT2D eigenvalue weighted by Gasteiger charge is 2.53. The van der Waals surface area contributed by atoms with Crippen LogP contribution in [0.15, 0.2) is 6.33 Å². The van der Waals surface area contributed by atoms with Gasteiger partial charge in [0, 0.05) is 11.5 Å². The van der Waals surface area contributed by atoms with Crippen LogP contribution in [0, 0.1) is 35.5 Å². The van der Waals surface area contributed by atoms with Crippen LogP contribution in [-0.4, -0.2) is 25.8 Å². The zero-order valence-corrected chi connectivity index (χ0v) is 26.4. The first-order chi connectivity index (χ1) is 14.7. The second-order valence-corrected chi connectivity index (χ2v) is 22.5. The van der Waals surface area contributed by atoms with Crippen LogP contribution >= 0.6 is 11.5 Å². The maximum atomic E-state index is 4.99. The first kappa shape index (κ1) is 29.8. The summed E-state index contributed by atoms with van der Waals surface area (Å²) in [7, 11) is -3.70. The molecule has 1 rings (SSSR count). The Bertz CT molecular complexity index is 536. The van der Waals surface area contributed by atoms with E-state index in [4.69, 9.17) is 4.98 Å². The molecule has 1 aromatic heterocycles. The van der Waals surface area contributed by atoms with E-state index < -0.39 is 16.5 Å². The van der Waals surface area contributed by atoms with Crippen LogP contribution < -0.4 is 4.23 Å². The first-order valence-electron chi connectivity index (χ1n) is 13.3. The molecule has 0 spiro atoms. The number of hydrogen-bond donors (Lipinski definition) is 0. The summed E-state index contributed by atoms with van der Waals surface area (Å²) < 4.78 is 7.74. The van der Waals surface area contributed by atoms with Gasteiger partial charge in [-0.05, 0) is 71.8 Å². The van der Waals surface area contributed by atoms with Gasteiger partial charge in [-0.15, -0.1) is 0 Å². The van der Waals surface area contributed by atoms with Crippen molar-refractivity contribution in [3.8, 4) is 0 Å². The number of aromatic nitrogens is 2. The molecule has 0 saturated carbocycles. The summed E-state index contributed by atoms with van der Waals surface area (Å²) in [6.45, 7) is 29.5. The van der Waals surface area contributed by atoms with Gasteiger partial charge in [0.05, 0.1) is 0 Å². The zero-order valence-electron chi connectivity index (χ0n) is 23.5. The van der Waals surface area contributed by atoms with Crippen molar-refractivity contribution in [3.05, 3.63) is 6.33 Å². The maximum absolute atomic E-state index is 4.99. The molecule has 32 heavy (non-hydrogen) atoms. The molecule has 1 heterocycles. The van der Waals surface area contributed by atoms with Gasteiger partial charge >= 0.3 is 0 Å². The summed E-state index contributed by atoms with van der Waals surface area (Å²) in [5, 5.41) is 1.27. The van der Waals surface area contributed by atoms with E-state index in [0.717, 1.165) is 35.5 Å². The van der Waals surface area contributed by atoms with Crippen molar-refractivity contribution in [2.24, 2.45) is 35.5 Å². The third kappa shape index (κ3) is 8.86. The highest BCUT2D eigenvalue weighted by Crippen LogP contribution is 2.47.